The minimum Gasteiger partial charge on any atom is -0.332 e. The zero-order valence-electron chi connectivity index (χ0n) is 17.6. The highest BCUT2D eigenvalue weighted by molar-refractivity contribution is 6.39. The number of benzene rings is 2. The molecule has 0 atom stereocenters. The Morgan fingerprint density at radius 3 is 1.94 bits per heavy atom. The summed E-state index contributed by atoms with van der Waals surface area (Å²) in [5.74, 6) is -0.765. The molecule has 158 valence electrons. The lowest BCUT2D eigenvalue weighted by atomic mass is 9.96. The molecule has 1 aromatic heterocycles. The summed E-state index contributed by atoms with van der Waals surface area (Å²) >= 11 is 0. The quantitative estimate of drug-likeness (QED) is 0.666. The summed E-state index contributed by atoms with van der Waals surface area (Å²) in [6, 6.07) is 26.2. The Bertz CT molecular complexity index is 992. The molecule has 3 aromatic rings. The molecule has 0 spiro atoms. The number of pyridine rings is 1. The van der Waals surface area contributed by atoms with Crippen LogP contribution in [0.15, 0.2) is 78.9 Å². The van der Waals surface area contributed by atoms with Gasteiger partial charge in [-0.25, -0.2) is 4.98 Å². The number of carbonyl (C=O) groups excluding carboxylic acids is 2. The third-order valence-electron chi connectivity index (χ3n) is 5.52. The van der Waals surface area contributed by atoms with Crippen molar-refractivity contribution in [3.05, 3.63) is 95.7 Å². The Morgan fingerprint density at radius 1 is 0.806 bits per heavy atom. The number of carbonyl (C=O) groups is 2. The Kier molecular flexibility index (Phi) is 6.38. The molecule has 31 heavy (non-hydrogen) atoms. The summed E-state index contributed by atoms with van der Waals surface area (Å²) in [6.07, 6.45) is 0. The zero-order valence-corrected chi connectivity index (χ0v) is 17.6. The molecule has 0 bridgehead atoms. The molecule has 1 aliphatic rings. The first-order chi connectivity index (χ1) is 15.1. The van der Waals surface area contributed by atoms with E-state index in [2.05, 4.69) is 63.7 Å². The Hall–Kier alpha value is -3.51. The van der Waals surface area contributed by atoms with E-state index in [0.717, 1.165) is 5.69 Å². The second kappa shape index (κ2) is 9.53. The highest BCUT2D eigenvalue weighted by atomic mass is 16.2. The topological polar surface area (TPSA) is 65.5 Å². The number of hydrogen-bond donors (Lipinski definition) is 1. The minimum atomic E-state index is -0.644. The van der Waals surface area contributed by atoms with Crippen molar-refractivity contribution in [1.29, 1.82) is 0 Å². The predicted molar refractivity (Wildman–Crippen MR) is 120 cm³/mol. The second-order valence-corrected chi connectivity index (χ2v) is 7.67. The summed E-state index contributed by atoms with van der Waals surface area (Å²) < 4.78 is 0. The lowest BCUT2D eigenvalue weighted by Crippen LogP contribution is -2.52. The zero-order chi connectivity index (χ0) is 21.6. The van der Waals surface area contributed by atoms with Crippen molar-refractivity contribution >= 4 is 17.6 Å². The average Bonchev–Trinajstić information content (AvgIpc) is 2.81. The third-order valence-corrected chi connectivity index (χ3v) is 5.52. The minimum absolute atomic E-state index is 0.116. The molecule has 2 aromatic carbocycles. The van der Waals surface area contributed by atoms with Crippen molar-refractivity contribution in [1.82, 2.24) is 14.8 Å². The molecule has 1 fully saturated rings. The molecular formula is C25H26N4O2. The summed E-state index contributed by atoms with van der Waals surface area (Å²) in [5, 5.41) is 2.61. The van der Waals surface area contributed by atoms with E-state index in [-0.39, 0.29) is 6.04 Å². The highest BCUT2D eigenvalue weighted by Crippen LogP contribution is 2.29. The summed E-state index contributed by atoms with van der Waals surface area (Å²) in [4.78, 5) is 33.3. The molecule has 1 N–H and O–H groups in total. The average molecular weight is 415 g/mol. The van der Waals surface area contributed by atoms with Gasteiger partial charge in [0, 0.05) is 31.9 Å². The standard InChI is InChI=1S/C25H26N4O2/c1-19-9-8-14-22(26-19)27-24(30)25(31)29-17-15-28(16-18-29)23(20-10-4-2-5-11-20)21-12-6-3-7-13-21/h2-14,23H,15-18H2,1H3,(H,26,27,30). The van der Waals surface area contributed by atoms with Crippen molar-refractivity contribution in [2.45, 2.75) is 13.0 Å². The van der Waals surface area contributed by atoms with Gasteiger partial charge < -0.3 is 10.2 Å². The van der Waals surface area contributed by atoms with E-state index in [0.29, 0.717) is 32.0 Å². The Labute approximate surface area is 182 Å². The largest absolute Gasteiger partial charge is 0.332 e. The first-order valence-electron chi connectivity index (χ1n) is 10.5. The second-order valence-electron chi connectivity index (χ2n) is 7.67. The molecular weight excluding hydrogens is 388 g/mol. The number of hydrogen-bond acceptors (Lipinski definition) is 4. The fraction of sp³-hybridized carbons (Fsp3) is 0.240. The molecule has 0 saturated carbocycles. The van der Waals surface area contributed by atoms with Crippen molar-refractivity contribution < 1.29 is 9.59 Å². The third kappa shape index (κ3) is 4.98. The number of piperazine rings is 1. The van der Waals surface area contributed by atoms with E-state index >= 15 is 0 Å². The van der Waals surface area contributed by atoms with Crippen LogP contribution in [0.3, 0.4) is 0 Å². The van der Waals surface area contributed by atoms with Gasteiger partial charge in [0.1, 0.15) is 5.82 Å². The maximum absolute atomic E-state index is 12.7. The van der Waals surface area contributed by atoms with Crippen LogP contribution in [0.25, 0.3) is 0 Å². The van der Waals surface area contributed by atoms with Crippen LogP contribution in [-0.4, -0.2) is 52.8 Å². The first kappa shape index (κ1) is 20.8. The molecule has 6 heteroatoms. The van der Waals surface area contributed by atoms with Gasteiger partial charge >= 0.3 is 11.8 Å². The maximum atomic E-state index is 12.7. The number of aromatic nitrogens is 1. The van der Waals surface area contributed by atoms with E-state index < -0.39 is 11.8 Å². The molecule has 2 amide bonds. The molecule has 1 saturated heterocycles. The van der Waals surface area contributed by atoms with Crippen molar-refractivity contribution in [2.75, 3.05) is 31.5 Å². The van der Waals surface area contributed by atoms with Crippen LogP contribution >= 0.6 is 0 Å². The molecule has 2 heterocycles. The number of aryl methyl sites for hydroxylation is 1. The molecule has 1 aliphatic heterocycles. The first-order valence-corrected chi connectivity index (χ1v) is 10.5. The van der Waals surface area contributed by atoms with Crippen LogP contribution < -0.4 is 5.32 Å². The fourth-order valence-corrected chi connectivity index (χ4v) is 3.99. The number of anilines is 1. The van der Waals surface area contributed by atoms with E-state index in [1.807, 2.05) is 25.1 Å². The number of amides is 2. The van der Waals surface area contributed by atoms with Gasteiger partial charge in [0.2, 0.25) is 0 Å². The van der Waals surface area contributed by atoms with E-state index in [9.17, 15) is 9.59 Å². The molecule has 6 nitrogen and oxygen atoms in total. The van der Waals surface area contributed by atoms with Crippen LogP contribution in [0, 0.1) is 6.92 Å². The number of rotatable bonds is 4. The number of nitrogens with zero attached hydrogens (tertiary/aromatic N) is 3. The fourth-order valence-electron chi connectivity index (χ4n) is 3.99. The molecule has 0 aliphatic carbocycles. The summed E-state index contributed by atoms with van der Waals surface area (Å²) in [5.41, 5.74) is 3.22. The Balaban J connectivity index is 1.43. The van der Waals surface area contributed by atoms with Gasteiger partial charge in [0.25, 0.3) is 0 Å². The van der Waals surface area contributed by atoms with E-state index in [1.165, 1.54) is 11.1 Å². The monoisotopic (exact) mass is 414 g/mol. The van der Waals surface area contributed by atoms with Crippen LogP contribution in [0.2, 0.25) is 0 Å². The van der Waals surface area contributed by atoms with Crippen LogP contribution in [0.4, 0.5) is 5.82 Å². The smallest absolute Gasteiger partial charge is 0.315 e. The van der Waals surface area contributed by atoms with Crippen LogP contribution in [0.5, 0.6) is 0 Å². The normalized spacial score (nSPS) is 14.5. The van der Waals surface area contributed by atoms with Gasteiger partial charge in [-0.05, 0) is 30.2 Å². The van der Waals surface area contributed by atoms with Gasteiger partial charge in [-0.15, -0.1) is 0 Å². The Morgan fingerprint density at radius 2 is 1.39 bits per heavy atom. The van der Waals surface area contributed by atoms with Crippen molar-refractivity contribution in [3.8, 4) is 0 Å². The molecule has 0 radical (unpaired) electrons. The van der Waals surface area contributed by atoms with Crippen molar-refractivity contribution in [3.63, 3.8) is 0 Å². The van der Waals surface area contributed by atoms with E-state index in [1.54, 1.807) is 17.0 Å². The lowest BCUT2D eigenvalue weighted by Gasteiger charge is -2.39. The maximum Gasteiger partial charge on any atom is 0.315 e. The van der Waals surface area contributed by atoms with Crippen LogP contribution in [-0.2, 0) is 9.59 Å². The highest BCUT2D eigenvalue weighted by Gasteiger charge is 2.30. The molecule has 0 unspecified atom stereocenters. The van der Waals surface area contributed by atoms with Gasteiger partial charge in [-0.1, -0.05) is 66.7 Å². The number of nitrogens with one attached hydrogen (secondary N) is 1. The summed E-state index contributed by atoms with van der Waals surface area (Å²) in [7, 11) is 0. The van der Waals surface area contributed by atoms with Gasteiger partial charge in [0.05, 0.1) is 6.04 Å². The summed E-state index contributed by atoms with van der Waals surface area (Å²) in [6.45, 7) is 4.23. The van der Waals surface area contributed by atoms with Gasteiger partial charge in [-0.3, -0.25) is 14.5 Å². The van der Waals surface area contributed by atoms with Crippen LogP contribution in [0.1, 0.15) is 22.9 Å². The van der Waals surface area contributed by atoms with Gasteiger partial charge in [0.15, 0.2) is 0 Å². The predicted octanol–water partition coefficient (Wildman–Crippen LogP) is 3.26. The molecule has 4 rings (SSSR count). The lowest BCUT2D eigenvalue weighted by molar-refractivity contribution is -0.144. The van der Waals surface area contributed by atoms with Crippen molar-refractivity contribution in [2.24, 2.45) is 0 Å². The van der Waals surface area contributed by atoms with E-state index in [4.69, 9.17) is 0 Å². The SMILES string of the molecule is Cc1cccc(NC(=O)C(=O)N2CCN(C(c3ccccc3)c3ccccc3)CC2)n1. The van der Waals surface area contributed by atoms with Gasteiger partial charge in [-0.2, -0.15) is 0 Å².